The fourth-order valence-electron chi connectivity index (χ4n) is 3.06. The fourth-order valence-corrected chi connectivity index (χ4v) is 3.06. The Kier molecular flexibility index (Phi) is 8.58. The van der Waals surface area contributed by atoms with E-state index in [0.29, 0.717) is 18.3 Å². The summed E-state index contributed by atoms with van der Waals surface area (Å²) in [6.45, 7) is 4.19. The first-order valence-electron chi connectivity index (χ1n) is 10.8. The summed E-state index contributed by atoms with van der Waals surface area (Å²) in [6.07, 6.45) is 3.01. The number of guanidine groups is 1. The van der Waals surface area contributed by atoms with Gasteiger partial charge in [-0.2, -0.15) is 0 Å². The quantitative estimate of drug-likeness (QED) is 0.382. The summed E-state index contributed by atoms with van der Waals surface area (Å²) in [4.78, 5) is 16.4. The highest BCUT2D eigenvalue weighted by Gasteiger charge is 2.23. The van der Waals surface area contributed by atoms with Crippen molar-refractivity contribution in [2.45, 2.75) is 38.8 Å². The van der Waals surface area contributed by atoms with Crippen molar-refractivity contribution in [2.75, 3.05) is 26.8 Å². The van der Waals surface area contributed by atoms with Crippen LogP contribution in [0.25, 0.3) is 0 Å². The molecule has 1 saturated carbocycles. The number of ether oxygens (including phenoxy) is 2. The number of nitrogens with zero attached hydrogens (tertiary/aromatic N) is 1. The van der Waals surface area contributed by atoms with Crippen LogP contribution in [0.4, 0.5) is 0 Å². The monoisotopic (exact) mass is 424 g/mol. The lowest BCUT2D eigenvalue weighted by molar-refractivity contribution is -0.123. The molecular formula is C24H32N4O3. The first kappa shape index (κ1) is 22.5. The van der Waals surface area contributed by atoms with Gasteiger partial charge in [0.05, 0.1) is 13.7 Å². The Morgan fingerprint density at radius 1 is 1.10 bits per heavy atom. The number of methoxy groups -OCH3 is 1. The zero-order valence-electron chi connectivity index (χ0n) is 18.3. The Balaban J connectivity index is 1.43. The summed E-state index contributed by atoms with van der Waals surface area (Å²) >= 11 is 0. The molecule has 0 heterocycles. The summed E-state index contributed by atoms with van der Waals surface area (Å²) in [7, 11) is 1.67. The van der Waals surface area contributed by atoms with Crippen LogP contribution in [0.15, 0.2) is 53.5 Å². The molecule has 3 rings (SSSR count). The number of carbonyl (C=O) groups is 1. The number of hydrogen-bond donors (Lipinski definition) is 3. The van der Waals surface area contributed by atoms with Crippen LogP contribution in [-0.4, -0.2) is 44.7 Å². The highest BCUT2D eigenvalue weighted by atomic mass is 16.5. The standard InChI is InChI=1S/C24H32N4O3/c1-3-25-24(27-16-19-6-4-5-7-22(19)30-2)26-15-14-18-8-12-21(13-9-18)31-17-23(29)28-20-10-11-20/h4-9,12-13,20H,3,10-11,14-17H2,1-2H3,(H,28,29)(H2,25,26,27). The van der Waals surface area contributed by atoms with Crippen molar-refractivity contribution in [3.05, 3.63) is 59.7 Å². The zero-order valence-corrected chi connectivity index (χ0v) is 18.3. The molecule has 0 spiro atoms. The highest BCUT2D eigenvalue weighted by molar-refractivity contribution is 5.79. The maximum absolute atomic E-state index is 11.7. The molecule has 166 valence electrons. The summed E-state index contributed by atoms with van der Waals surface area (Å²) in [5.74, 6) is 2.26. The minimum atomic E-state index is -0.0564. The number of amides is 1. The predicted octanol–water partition coefficient (Wildman–Crippen LogP) is 2.65. The number of hydrogen-bond acceptors (Lipinski definition) is 4. The molecule has 7 nitrogen and oxygen atoms in total. The molecule has 0 aliphatic heterocycles. The van der Waals surface area contributed by atoms with Crippen LogP contribution in [0.2, 0.25) is 0 Å². The highest BCUT2D eigenvalue weighted by Crippen LogP contribution is 2.19. The van der Waals surface area contributed by atoms with Crippen LogP contribution >= 0.6 is 0 Å². The van der Waals surface area contributed by atoms with E-state index in [1.165, 1.54) is 5.56 Å². The zero-order chi connectivity index (χ0) is 21.9. The molecule has 7 heteroatoms. The SMILES string of the molecule is CCNC(=NCc1ccccc1OC)NCCc1ccc(OCC(=O)NC2CC2)cc1. The van der Waals surface area contributed by atoms with E-state index in [1.807, 2.05) is 55.5 Å². The molecule has 0 atom stereocenters. The molecule has 1 amide bonds. The smallest absolute Gasteiger partial charge is 0.258 e. The van der Waals surface area contributed by atoms with Gasteiger partial charge in [0.15, 0.2) is 12.6 Å². The van der Waals surface area contributed by atoms with Crippen molar-refractivity contribution < 1.29 is 14.3 Å². The average Bonchev–Trinajstić information content (AvgIpc) is 3.61. The van der Waals surface area contributed by atoms with Crippen LogP contribution in [-0.2, 0) is 17.8 Å². The molecule has 0 radical (unpaired) electrons. The van der Waals surface area contributed by atoms with Gasteiger partial charge in [-0.25, -0.2) is 4.99 Å². The van der Waals surface area contributed by atoms with Crippen molar-refractivity contribution in [1.29, 1.82) is 0 Å². The maximum Gasteiger partial charge on any atom is 0.258 e. The normalized spacial score (nSPS) is 13.4. The second-order valence-electron chi connectivity index (χ2n) is 7.46. The fraction of sp³-hybridized carbons (Fsp3) is 0.417. The van der Waals surface area contributed by atoms with E-state index in [0.717, 1.165) is 49.6 Å². The molecule has 1 aliphatic carbocycles. The number of benzene rings is 2. The van der Waals surface area contributed by atoms with E-state index >= 15 is 0 Å². The van der Waals surface area contributed by atoms with Gasteiger partial charge in [-0.1, -0.05) is 30.3 Å². The number of para-hydroxylation sites is 1. The van der Waals surface area contributed by atoms with Crippen LogP contribution in [0.3, 0.4) is 0 Å². The largest absolute Gasteiger partial charge is 0.496 e. The summed E-state index contributed by atoms with van der Waals surface area (Å²) in [6, 6.07) is 16.1. The van der Waals surface area contributed by atoms with E-state index in [-0.39, 0.29) is 12.5 Å². The topological polar surface area (TPSA) is 84.0 Å². The maximum atomic E-state index is 11.7. The van der Waals surface area contributed by atoms with Crippen LogP contribution < -0.4 is 25.4 Å². The van der Waals surface area contributed by atoms with Gasteiger partial charge in [0.2, 0.25) is 0 Å². The minimum absolute atomic E-state index is 0.0564. The van der Waals surface area contributed by atoms with Gasteiger partial charge in [-0.15, -0.1) is 0 Å². The summed E-state index contributed by atoms with van der Waals surface area (Å²) in [5.41, 5.74) is 2.23. The Bertz CT molecular complexity index is 863. The number of rotatable bonds is 11. The lowest BCUT2D eigenvalue weighted by Crippen LogP contribution is -2.38. The Labute approximate surface area is 184 Å². The molecule has 31 heavy (non-hydrogen) atoms. The van der Waals surface area contributed by atoms with Crippen molar-refractivity contribution in [3.63, 3.8) is 0 Å². The van der Waals surface area contributed by atoms with E-state index < -0.39 is 0 Å². The van der Waals surface area contributed by atoms with Gasteiger partial charge in [-0.05, 0) is 49.9 Å². The molecule has 2 aromatic rings. The lowest BCUT2D eigenvalue weighted by atomic mass is 10.1. The minimum Gasteiger partial charge on any atom is -0.496 e. The number of nitrogens with one attached hydrogen (secondary N) is 3. The Morgan fingerprint density at radius 2 is 1.87 bits per heavy atom. The van der Waals surface area contributed by atoms with Gasteiger partial charge in [0.1, 0.15) is 11.5 Å². The van der Waals surface area contributed by atoms with E-state index in [2.05, 4.69) is 20.9 Å². The average molecular weight is 425 g/mol. The Morgan fingerprint density at radius 3 is 2.58 bits per heavy atom. The van der Waals surface area contributed by atoms with E-state index in [1.54, 1.807) is 7.11 Å². The summed E-state index contributed by atoms with van der Waals surface area (Å²) in [5, 5.41) is 9.56. The van der Waals surface area contributed by atoms with Crippen LogP contribution in [0, 0.1) is 0 Å². The Hall–Kier alpha value is -3.22. The molecule has 1 aliphatic rings. The van der Waals surface area contributed by atoms with Gasteiger partial charge in [0, 0.05) is 24.7 Å². The van der Waals surface area contributed by atoms with Crippen LogP contribution in [0.1, 0.15) is 30.9 Å². The van der Waals surface area contributed by atoms with Crippen molar-refractivity contribution in [1.82, 2.24) is 16.0 Å². The molecule has 2 aromatic carbocycles. The van der Waals surface area contributed by atoms with Crippen molar-refractivity contribution in [3.8, 4) is 11.5 Å². The first-order chi connectivity index (χ1) is 15.2. The molecule has 0 bridgehead atoms. The third kappa shape index (κ3) is 7.85. The number of carbonyl (C=O) groups excluding carboxylic acids is 1. The van der Waals surface area contributed by atoms with Gasteiger partial charge in [-0.3, -0.25) is 4.79 Å². The molecule has 3 N–H and O–H groups in total. The van der Waals surface area contributed by atoms with Crippen molar-refractivity contribution >= 4 is 11.9 Å². The second kappa shape index (κ2) is 11.8. The third-order valence-corrected chi connectivity index (χ3v) is 4.89. The van der Waals surface area contributed by atoms with Crippen LogP contribution in [0.5, 0.6) is 11.5 Å². The van der Waals surface area contributed by atoms with Gasteiger partial charge in [0.25, 0.3) is 5.91 Å². The molecule has 0 saturated heterocycles. The predicted molar refractivity (Wildman–Crippen MR) is 123 cm³/mol. The molecule has 0 unspecified atom stereocenters. The molecule has 0 aromatic heterocycles. The second-order valence-corrected chi connectivity index (χ2v) is 7.46. The molecule has 1 fully saturated rings. The van der Waals surface area contributed by atoms with Crippen molar-refractivity contribution in [2.24, 2.45) is 4.99 Å². The lowest BCUT2D eigenvalue weighted by Gasteiger charge is -2.12. The van der Waals surface area contributed by atoms with Gasteiger partial charge >= 0.3 is 0 Å². The van der Waals surface area contributed by atoms with Gasteiger partial charge < -0.3 is 25.4 Å². The summed E-state index contributed by atoms with van der Waals surface area (Å²) < 4.78 is 10.9. The number of aliphatic imine (C=N–C) groups is 1. The first-order valence-corrected chi connectivity index (χ1v) is 10.8. The third-order valence-electron chi connectivity index (χ3n) is 4.89. The van der Waals surface area contributed by atoms with E-state index in [4.69, 9.17) is 9.47 Å². The molecular weight excluding hydrogens is 392 g/mol. The van der Waals surface area contributed by atoms with E-state index in [9.17, 15) is 4.79 Å².